The van der Waals surface area contributed by atoms with E-state index in [1.807, 2.05) is 13.0 Å². The summed E-state index contributed by atoms with van der Waals surface area (Å²) in [4.78, 5) is 8.64. The Bertz CT molecular complexity index is 247. The van der Waals surface area contributed by atoms with Gasteiger partial charge in [0.05, 0.1) is 0 Å². The van der Waals surface area contributed by atoms with Gasteiger partial charge < -0.3 is 5.32 Å². The Kier molecular flexibility index (Phi) is 3.68. The molecule has 0 fully saturated rings. The number of nitrogens with one attached hydrogen (secondary N) is 1. The quantitative estimate of drug-likeness (QED) is 0.769. The first-order valence-electron chi connectivity index (χ1n) is 4.84. The summed E-state index contributed by atoms with van der Waals surface area (Å²) in [6.07, 6.45) is 2.16. The summed E-state index contributed by atoms with van der Waals surface area (Å²) >= 11 is 0. The third kappa shape index (κ3) is 3.01. The van der Waals surface area contributed by atoms with Gasteiger partial charge in [0.25, 0.3) is 0 Å². The maximum atomic E-state index is 4.35. The zero-order chi connectivity index (χ0) is 9.68. The van der Waals surface area contributed by atoms with Crippen LogP contribution in [0, 0.1) is 6.92 Å². The first-order chi connectivity index (χ1) is 6.26. The highest BCUT2D eigenvalue weighted by molar-refractivity contribution is 5.35. The standard InChI is InChI=1S/C10H17N3/c1-4-6-9-7-10(11-5-2)13-8(3)12-9/h7H,4-6H2,1-3H3,(H,11,12,13). The van der Waals surface area contributed by atoms with E-state index in [9.17, 15) is 0 Å². The van der Waals surface area contributed by atoms with Crippen molar-refractivity contribution < 1.29 is 0 Å². The Hall–Kier alpha value is -1.12. The molecule has 3 nitrogen and oxygen atoms in total. The smallest absolute Gasteiger partial charge is 0.129 e. The molecule has 0 spiro atoms. The van der Waals surface area contributed by atoms with E-state index >= 15 is 0 Å². The van der Waals surface area contributed by atoms with Crippen LogP contribution in [0.3, 0.4) is 0 Å². The van der Waals surface area contributed by atoms with Crippen molar-refractivity contribution in [1.29, 1.82) is 0 Å². The fourth-order valence-corrected chi connectivity index (χ4v) is 1.29. The Morgan fingerprint density at radius 1 is 1.31 bits per heavy atom. The number of anilines is 1. The van der Waals surface area contributed by atoms with Gasteiger partial charge in [-0.25, -0.2) is 9.97 Å². The fourth-order valence-electron chi connectivity index (χ4n) is 1.29. The molecule has 0 bridgehead atoms. The number of hydrogen-bond donors (Lipinski definition) is 1. The van der Waals surface area contributed by atoms with Crippen LogP contribution in [0.25, 0.3) is 0 Å². The summed E-state index contributed by atoms with van der Waals surface area (Å²) < 4.78 is 0. The van der Waals surface area contributed by atoms with Gasteiger partial charge in [0.1, 0.15) is 11.6 Å². The van der Waals surface area contributed by atoms with E-state index in [1.54, 1.807) is 0 Å². The van der Waals surface area contributed by atoms with Crippen molar-refractivity contribution in [3.63, 3.8) is 0 Å². The molecule has 3 heteroatoms. The van der Waals surface area contributed by atoms with E-state index in [2.05, 4.69) is 29.1 Å². The summed E-state index contributed by atoms with van der Waals surface area (Å²) in [5, 5.41) is 3.20. The zero-order valence-corrected chi connectivity index (χ0v) is 8.59. The SMILES string of the molecule is CCCc1cc(NCC)nc(C)n1. The molecular formula is C10H17N3. The second-order valence-corrected chi connectivity index (χ2v) is 3.07. The van der Waals surface area contributed by atoms with Gasteiger partial charge in [0.2, 0.25) is 0 Å². The summed E-state index contributed by atoms with van der Waals surface area (Å²) in [6, 6.07) is 2.03. The maximum Gasteiger partial charge on any atom is 0.129 e. The second-order valence-electron chi connectivity index (χ2n) is 3.07. The van der Waals surface area contributed by atoms with Gasteiger partial charge in [-0.05, 0) is 20.3 Å². The molecule has 1 rings (SSSR count). The lowest BCUT2D eigenvalue weighted by Gasteiger charge is -2.05. The molecule has 1 aromatic heterocycles. The van der Waals surface area contributed by atoms with Crippen molar-refractivity contribution in [3.8, 4) is 0 Å². The molecule has 0 saturated carbocycles. The van der Waals surface area contributed by atoms with Gasteiger partial charge in [-0.3, -0.25) is 0 Å². The summed E-state index contributed by atoms with van der Waals surface area (Å²) in [7, 11) is 0. The predicted molar refractivity (Wildman–Crippen MR) is 54.9 cm³/mol. The average Bonchev–Trinajstić information content (AvgIpc) is 2.04. The highest BCUT2D eigenvalue weighted by atomic mass is 15.0. The van der Waals surface area contributed by atoms with Crippen molar-refractivity contribution >= 4 is 5.82 Å². The Balaban J connectivity index is 2.83. The lowest BCUT2D eigenvalue weighted by atomic mass is 10.2. The highest BCUT2D eigenvalue weighted by Crippen LogP contribution is 2.07. The first-order valence-corrected chi connectivity index (χ1v) is 4.84. The van der Waals surface area contributed by atoms with Gasteiger partial charge in [0.15, 0.2) is 0 Å². The molecule has 0 aliphatic rings. The average molecular weight is 179 g/mol. The van der Waals surface area contributed by atoms with Crippen molar-refractivity contribution in [3.05, 3.63) is 17.6 Å². The van der Waals surface area contributed by atoms with E-state index in [4.69, 9.17) is 0 Å². The highest BCUT2D eigenvalue weighted by Gasteiger charge is 1.99. The molecule has 13 heavy (non-hydrogen) atoms. The Morgan fingerprint density at radius 2 is 2.08 bits per heavy atom. The van der Waals surface area contributed by atoms with E-state index in [0.717, 1.165) is 36.7 Å². The van der Waals surface area contributed by atoms with Crippen molar-refractivity contribution in [2.45, 2.75) is 33.6 Å². The lowest BCUT2D eigenvalue weighted by molar-refractivity contribution is 0.856. The number of aryl methyl sites for hydroxylation is 2. The van der Waals surface area contributed by atoms with Crippen LogP contribution in [0.5, 0.6) is 0 Å². The third-order valence-electron chi connectivity index (χ3n) is 1.76. The fraction of sp³-hybridized carbons (Fsp3) is 0.600. The van der Waals surface area contributed by atoms with E-state index in [1.165, 1.54) is 0 Å². The van der Waals surface area contributed by atoms with E-state index < -0.39 is 0 Å². The molecule has 1 aromatic rings. The van der Waals surface area contributed by atoms with E-state index in [0.29, 0.717) is 0 Å². The second kappa shape index (κ2) is 4.80. The lowest BCUT2D eigenvalue weighted by Crippen LogP contribution is -2.03. The van der Waals surface area contributed by atoms with Crippen LogP contribution in [-0.2, 0) is 6.42 Å². The van der Waals surface area contributed by atoms with Crippen LogP contribution < -0.4 is 5.32 Å². The molecule has 0 aliphatic carbocycles. The summed E-state index contributed by atoms with van der Waals surface area (Å²) in [5.74, 6) is 1.79. The van der Waals surface area contributed by atoms with Crippen molar-refractivity contribution in [1.82, 2.24) is 9.97 Å². The van der Waals surface area contributed by atoms with Crippen molar-refractivity contribution in [2.24, 2.45) is 0 Å². The molecule has 0 aromatic carbocycles. The number of hydrogen-bond acceptors (Lipinski definition) is 3. The van der Waals surface area contributed by atoms with Crippen LogP contribution in [0.15, 0.2) is 6.07 Å². The Labute approximate surface area is 79.6 Å². The molecule has 0 atom stereocenters. The Morgan fingerprint density at radius 3 is 2.69 bits per heavy atom. The first kappa shape index (κ1) is 9.96. The monoisotopic (exact) mass is 179 g/mol. The molecule has 0 saturated heterocycles. The molecule has 0 aliphatic heterocycles. The minimum Gasteiger partial charge on any atom is -0.370 e. The molecule has 1 N–H and O–H groups in total. The molecule has 0 unspecified atom stereocenters. The van der Waals surface area contributed by atoms with Crippen molar-refractivity contribution in [2.75, 3.05) is 11.9 Å². The third-order valence-corrected chi connectivity index (χ3v) is 1.76. The minimum atomic E-state index is 0.849. The molecule has 0 radical (unpaired) electrons. The van der Waals surface area contributed by atoms with Gasteiger partial charge in [-0.15, -0.1) is 0 Å². The van der Waals surface area contributed by atoms with Crippen LogP contribution in [-0.4, -0.2) is 16.5 Å². The molecular weight excluding hydrogens is 162 g/mol. The number of aromatic nitrogens is 2. The largest absolute Gasteiger partial charge is 0.370 e. The normalized spacial score (nSPS) is 10.1. The van der Waals surface area contributed by atoms with Gasteiger partial charge in [-0.2, -0.15) is 0 Å². The van der Waals surface area contributed by atoms with Crippen LogP contribution in [0.2, 0.25) is 0 Å². The summed E-state index contributed by atoms with van der Waals surface area (Å²) in [6.45, 7) is 7.06. The van der Waals surface area contributed by atoms with Gasteiger partial charge in [-0.1, -0.05) is 13.3 Å². The maximum absolute atomic E-state index is 4.35. The number of rotatable bonds is 4. The van der Waals surface area contributed by atoms with Crippen LogP contribution >= 0.6 is 0 Å². The molecule has 0 amide bonds. The van der Waals surface area contributed by atoms with Crippen LogP contribution in [0.4, 0.5) is 5.82 Å². The van der Waals surface area contributed by atoms with Gasteiger partial charge in [0, 0.05) is 18.3 Å². The van der Waals surface area contributed by atoms with E-state index in [-0.39, 0.29) is 0 Å². The molecule has 72 valence electrons. The number of nitrogens with zero attached hydrogens (tertiary/aromatic N) is 2. The summed E-state index contributed by atoms with van der Waals surface area (Å²) in [5.41, 5.74) is 1.13. The van der Waals surface area contributed by atoms with Gasteiger partial charge >= 0.3 is 0 Å². The minimum absolute atomic E-state index is 0.849. The predicted octanol–water partition coefficient (Wildman–Crippen LogP) is 2.17. The molecule has 1 heterocycles. The van der Waals surface area contributed by atoms with Crippen LogP contribution in [0.1, 0.15) is 31.8 Å². The zero-order valence-electron chi connectivity index (χ0n) is 8.59. The topological polar surface area (TPSA) is 37.8 Å².